The second-order valence-corrected chi connectivity index (χ2v) is 14.4. The fourth-order valence-electron chi connectivity index (χ4n) is 8.87. The van der Waals surface area contributed by atoms with Crippen LogP contribution in [0.15, 0.2) is 206 Å². The van der Waals surface area contributed by atoms with Gasteiger partial charge in [0.05, 0.1) is 33.8 Å². The summed E-state index contributed by atoms with van der Waals surface area (Å²) in [6.07, 6.45) is 6.89. The van der Waals surface area contributed by atoms with Gasteiger partial charge in [0.25, 0.3) is 0 Å². The maximum Gasteiger partial charge on any atom is 0.132 e. The molecule has 260 valence electrons. The van der Waals surface area contributed by atoms with E-state index in [-0.39, 0.29) is 12.0 Å². The first-order valence-corrected chi connectivity index (χ1v) is 19.0. The largest absolute Gasteiger partial charge is 0.484 e. The summed E-state index contributed by atoms with van der Waals surface area (Å²) in [5.74, 6) is 1.12. The zero-order valence-corrected chi connectivity index (χ0v) is 30.1. The van der Waals surface area contributed by atoms with Gasteiger partial charge in [-0.1, -0.05) is 164 Å². The fourth-order valence-corrected chi connectivity index (χ4v) is 8.87. The zero-order chi connectivity index (χ0) is 36.3. The average molecular weight is 705 g/mol. The van der Waals surface area contributed by atoms with Crippen LogP contribution in [0.3, 0.4) is 0 Å². The quantitative estimate of drug-likeness (QED) is 0.171. The van der Waals surface area contributed by atoms with Gasteiger partial charge in [-0.3, -0.25) is 0 Å². The van der Waals surface area contributed by atoms with Crippen molar-refractivity contribution in [1.29, 1.82) is 0 Å². The number of rotatable bonds is 6. The maximum atomic E-state index is 6.67. The molecule has 3 heteroatoms. The second kappa shape index (κ2) is 12.8. The molecular formula is C52H36N2O. The van der Waals surface area contributed by atoms with E-state index in [1.165, 1.54) is 49.3 Å². The van der Waals surface area contributed by atoms with Gasteiger partial charge in [-0.15, -0.1) is 0 Å². The highest BCUT2D eigenvalue weighted by Gasteiger charge is 2.35. The van der Waals surface area contributed by atoms with Crippen LogP contribution in [0.1, 0.15) is 17.0 Å². The van der Waals surface area contributed by atoms with Gasteiger partial charge in [0.2, 0.25) is 0 Å². The molecule has 8 aromatic carbocycles. The Labute approximate surface area is 320 Å². The van der Waals surface area contributed by atoms with E-state index in [1.54, 1.807) is 0 Å². The van der Waals surface area contributed by atoms with Crippen LogP contribution >= 0.6 is 0 Å². The number of hydrogen-bond acceptors (Lipinski definition) is 2. The molecule has 1 aromatic heterocycles. The molecule has 9 aromatic rings. The molecule has 1 aliphatic carbocycles. The number of ether oxygens (including phenoxy) is 1. The lowest BCUT2D eigenvalue weighted by Gasteiger charge is -2.32. The monoisotopic (exact) mass is 704 g/mol. The van der Waals surface area contributed by atoms with Gasteiger partial charge < -0.3 is 14.2 Å². The van der Waals surface area contributed by atoms with Gasteiger partial charge in [0.1, 0.15) is 11.9 Å². The normalized spacial score (nSPS) is 15.8. The Morgan fingerprint density at radius 2 is 1.05 bits per heavy atom. The summed E-state index contributed by atoms with van der Waals surface area (Å²) < 4.78 is 9.10. The lowest BCUT2D eigenvalue weighted by atomic mass is 9.85. The first-order valence-electron chi connectivity index (χ1n) is 19.0. The molecule has 2 atom stereocenters. The minimum atomic E-state index is -0.0392. The molecule has 1 aliphatic heterocycles. The Hall–Kier alpha value is -7.10. The Morgan fingerprint density at radius 1 is 0.473 bits per heavy atom. The van der Waals surface area contributed by atoms with Crippen LogP contribution in [-0.4, -0.2) is 10.7 Å². The molecule has 0 amide bonds. The van der Waals surface area contributed by atoms with Crippen molar-refractivity contribution < 1.29 is 4.74 Å². The lowest BCUT2D eigenvalue weighted by Crippen LogP contribution is -2.18. The fraction of sp³-hybridized carbons (Fsp3) is 0.0385. The number of para-hydroxylation sites is 6. The van der Waals surface area contributed by atoms with Gasteiger partial charge >= 0.3 is 0 Å². The highest BCUT2D eigenvalue weighted by Crippen LogP contribution is 2.50. The number of aromatic nitrogens is 1. The number of nitrogens with zero attached hydrogens (tertiary/aromatic N) is 2. The van der Waals surface area contributed by atoms with Crippen molar-refractivity contribution in [1.82, 2.24) is 4.57 Å². The van der Waals surface area contributed by atoms with Crippen molar-refractivity contribution in [2.24, 2.45) is 0 Å². The Morgan fingerprint density at radius 3 is 1.82 bits per heavy atom. The van der Waals surface area contributed by atoms with E-state index in [1.807, 2.05) is 0 Å². The molecule has 0 saturated heterocycles. The van der Waals surface area contributed by atoms with Crippen molar-refractivity contribution >= 4 is 55.2 Å². The van der Waals surface area contributed by atoms with Gasteiger partial charge in [-0.05, 0) is 59.0 Å². The summed E-state index contributed by atoms with van der Waals surface area (Å²) in [7, 11) is 0. The molecule has 0 fully saturated rings. The number of allylic oxidation sites excluding steroid dienone is 2. The molecule has 3 nitrogen and oxygen atoms in total. The average Bonchev–Trinajstić information content (AvgIpc) is 3.80. The van der Waals surface area contributed by atoms with E-state index in [0.29, 0.717) is 0 Å². The SMILES string of the molecule is C1=CC2Oc3c(ccc4ccccc34)C2C=C1c1ccccc1N(c1ccccc1-c1ccccc1)c1ccccc1-n1c2ccccc2c2ccccc21. The first kappa shape index (κ1) is 31.4. The Bertz CT molecular complexity index is 2940. The molecule has 2 unspecified atom stereocenters. The number of benzene rings is 8. The van der Waals surface area contributed by atoms with Crippen LogP contribution in [0, 0.1) is 0 Å². The molecule has 0 N–H and O–H groups in total. The third-order valence-corrected chi connectivity index (χ3v) is 11.3. The maximum absolute atomic E-state index is 6.67. The number of hydrogen-bond donors (Lipinski definition) is 0. The van der Waals surface area contributed by atoms with E-state index in [9.17, 15) is 0 Å². The van der Waals surface area contributed by atoms with Crippen LogP contribution in [0.2, 0.25) is 0 Å². The van der Waals surface area contributed by atoms with E-state index >= 15 is 0 Å². The second-order valence-electron chi connectivity index (χ2n) is 14.4. The molecule has 0 radical (unpaired) electrons. The smallest absolute Gasteiger partial charge is 0.132 e. The standard InChI is InChI=1S/C52H36N2O/c1-2-16-35(17-3-1)38-19-6-10-24-45(38)53(49-28-14-15-29-50(49)54-47-26-12-8-22-41(47)42-23-9-13-27-48(42)54)46-25-11-7-20-39(46)37-31-33-51-44(34-37)43-32-30-36-18-4-5-21-40(36)52(43)55-51/h1-34,44,51H. The van der Waals surface area contributed by atoms with Gasteiger partial charge in [0.15, 0.2) is 0 Å². The van der Waals surface area contributed by atoms with Crippen molar-refractivity contribution in [2.45, 2.75) is 12.0 Å². The van der Waals surface area contributed by atoms with Gasteiger partial charge in [0, 0.05) is 38.8 Å². The number of anilines is 3. The highest BCUT2D eigenvalue weighted by molar-refractivity contribution is 6.10. The third-order valence-electron chi connectivity index (χ3n) is 11.3. The lowest BCUT2D eigenvalue weighted by molar-refractivity contribution is 0.272. The summed E-state index contributed by atoms with van der Waals surface area (Å²) in [5.41, 5.74) is 12.7. The van der Waals surface area contributed by atoms with E-state index < -0.39 is 0 Å². The topological polar surface area (TPSA) is 17.4 Å². The molecule has 2 heterocycles. The summed E-state index contributed by atoms with van der Waals surface area (Å²) in [6, 6.07) is 67.7. The molecule has 2 aliphatic rings. The van der Waals surface area contributed by atoms with Gasteiger partial charge in [-0.25, -0.2) is 0 Å². The van der Waals surface area contributed by atoms with Crippen LogP contribution in [-0.2, 0) is 0 Å². The van der Waals surface area contributed by atoms with E-state index in [2.05, 4.69) is 216 Å². The summed E-state index contributed by atoms with van der Waals surface area (Å²) in [4.78, 5) is 2.48. The minimum absolute atomic E-state index is 0.0392. The summed E-state index contributed by atoms with van der Waals surface area (Å²) >= 11 is 0. The number of fused-ring (bicyclic) bond motifs is 8. The minimum Gasteiger partial charge on any atom is -0.484 e. The van der Waals surface area contributed by atoms with Crippen molar-refractivity contribution in [3.63, 3.8) is 0 Å². The van der Waals surface area contributed by atoms with Gasteiger partial charge in [-0.2, -0.15) is 0 Å². The first-order chi connectivity index (χ1) is 27.3. The molecule has 11 rings (SSSR count). The van der Waals surface area contributed by atoms with Crippen molar-refractivity contribution in [3.05, 3.63) is 217 Å². The highest BCUT2D eigenvalue weighted by atomic mass is 16.5. The zero-order valence-electron chi connectivity index (χ0n) is 30.1. The van der Waals surface area contributed by atoms with Crippen LogP contribution < -0.4 is 9.64 Å². The van der Waals surface area contributed by atoms with Crippen LogP contribution in [0.4, 0.5) is 17.1 Å². The van der Waals surface area contributed by atoms with Crippen LogP contribution in [0.25, 0.3) is 55.0 Å². The van der Waals surface area contributed by atoms with E-state index in [0.717, 1.165) is 39.6 Å². The Balaban J connectivity index is 1.15. The third kappa shape index (κ3) is 5.04. The van der Waals surface area contributed by atoms with Crippen molar-refractivity contribution in [2.75, 3.05) is 4.90 Å². The molecule has 55 heavy (non-hydrogen) atoms. The molecule has 0 spiro atoms. The summed E-state index contributed by atoms with van der Waals surface area (Å²) in [6.45, 7) is 0. The van der Waals surface area contributed by atoms with Crippen LogP contribution in [0.5, 0.6) is 5.75 Å². The summed E-state index contributed by atoms with van der Waals surface area (Å²) in [5, 5.41) is 4.85. The molecular weight excluding hydrogens is 669 g/mol. The van der Waals surface area contributed by atoms with E-state index in [4.69, 9.17) is 4.74 Å². The Kier molecular flexibility index (Phi) is 7.31. The predicted molar refractivity (Wildman–Crippen MR) is 229 cm³/mol. The van der Waals surface area contributed by atoms with Crippen molar-refractivity contribution in [3.8, 4) is 22.6 Å². The predicted octanol–water partition coefficient (Wildman–Crippen LogP) is 13.6. The molecule has 0 bridgehead atoms. The molecule has 0 saturated carbocycles.